The Bertz CT molecular complexity index is 1150. The highest BCUT2D eigenvalue weighted by atomic mass is 32.2. The van der Waals surface area contributed by atoms with Gasteiger partial charge in [-0.2, -0.15) is 0 Å². The molecule has 1 amide bonds. The van der Waals surface area contributed by atoms with Crippen molar-refractivity contribution in [1.29, 1.82) is 0 Å². The molecule has 2 N–H and O–H groups in total. The first-order chi connectivity index (χ1) is 14.3. The van der Waals surface area contributed by atoms with Gasteiger partial charge >= 0.3 is 0 Å². The molecule has 30 heavy (non-hydrogen) atoms. The Morgan fingerprint density at radius 2 is 1.83 bits per heavy atom. The van der Waals surface area contributed by atoms with Crippen LogP contribution >= 0.6 is 11.3 Å². The van der Waals surface area contributed by atoms with Crippen LogP contribution in [0.1, 0.15) is 30.1 Å². The molecule has 7 nitrogen and oxygen atoms in total. The summed E-state index contributed by atoms with van der Waals surface area (Å²) in [7, 11) is -3.87. The second-order valence-electron chi connectivity index (χ2n) is 6.27. The van der Waals surface area contributed by atoms with Gasteiger partial charge in [-0.05, 0) is 48.9 Å². The molecule has 0 saturated carbocycles. The summed E-state index contributed by atoms with van der Waals surface area (Å²) in [6, 6.07) is 8.56. The van der Waals surface area contributed by atoms with Crippen LogP contribution in [0.3, 0.4) is 0 Å². The second kappa shape index (κ2) is 9.37. The molecule has 3 rings (SSSR count). The van der Waals surface area contributed by atoms with E-state index in [2.05, 4.69) is 20.2 Å². The van der Waals surface area contributed by atoms with Crippen molar-refractivity contribution in [3.63, 3.8) is 0 Å². The van der Waals surface area contributed by atoms with Crippen LogP contribution in [0.5, 0.6) is 0 Å². The van der Waals surface area contributed by atoms with E-state index in [-0.39, 0.29) is 16.6 Å². The Labute approximate surface area is 176 Å². The summed E-state index contributed by atoms with van der Waals surface area (Å²) >= 11 is 1.01. The smallest absolute Gasteiger partial charge is 0.260 e. The lowest BCUT2D eigenvalue weighted by Gasteiger charge is -2.08. The number of anilines is 1. The molecule has 0 unspecified atom stereocenters. The van der Waals surface area contributed by atoms with Crippen molar-refractivity contribution in [3.8, 4) is 10.6 Å². The van der Waals surface area contributed by atoms with E-state index in [4.69, 9.17) is 0 Å². The highest BCUT2D eigenvalue weighted by Gasteiger charge is 2.20. The maximum absolute atomic E-state index is 14.2. The van der Waals surface area contributed by atoms with E-state index in [1.807, 2.05) is 6.92 Å². The lowest BCUT2D eigenvalue weighted by Crippen LogP contribution is -2.25. The number of sulfonamides is 1. The summed E-state index contributed by atoms with van der Waals surface area (Å²) in [6.07, 6.45) is 1.46. The van der Waals surface area contributed by atoms with Crippen molar-refractivity contribution in [2.45, 2.75) is 24.7 Å². The Kier molecular flexibility index (Phi) is 6.85. The lowest BCUT2D eigenvalue weighted by atomic mass is 10.2. The molecule has 0 atom stereocenters. The highest BCUT2D eigenvalue weighted by Crippen LogP contribution is 2.27. The number of carbonyl (C=O) groups excluding carboxylic acids is 1. The third-order valence-electron chi connectivity index (χ3n) is 4.05. The SMILES string of the molecule is CCCCNS(=O)(=O)c1ccc(F)c(C(=O)Nc2nnc(-c3ccc(F)cc3)s2)c1. The third-order valence-corrected chi connectivity index (χ3v) is 6.40. The highest BCUT2D eigenvalue weighted by molar-refractivity contribution is 7.89. The first-order valence-corrected chi connectivity index (χ1v) is 11.3. The van der Waals surface area contributed by atoms with Crippen LogP contribution in [-0.4, -0.2) is 31.1 Å². The summed E-state index contributed by atoms with van der Waals surface area (Å²) < 4.78 is 54.3. The van der Waals surface area contributed by atoms with E-state index in [1.165, 1.54) is 24.3 Å². The van der Waals surface area contributed by atoms with Gasteiger partial charge in [-0.25, -0.2) is 21.9 Å². The van der Waals surface area contributed by atoms with Crippen molar-refractivity contribution in [2.75, 3.05) is 11.9 Å². The molecular weight excluding hydrogens is 434 g/mol. The first-order valence-electron chi connectivity index (χ1n) is 9.00. The number of amides is 1. The molecule has 158 valence electrons. The number of benzene rings is 2. The van der Waals surface area contributed by atoms with E-state index in [0.717, 1.165) is 36.0 Å². The van der Waals surface area contributed by atoms with Crippen LogP contribution in [0.25, 0.3) is 10.6 Å². The van der Waals surface area contributed by atoms with Crippen molar-refractivity contribution in [3.05, 3.63) is 59.7 Å². The Balaban J connectivity index is 1.78. The number of hydrogen-bond donors (Lipinski definition) is 2. The number of nitrogens with one attached hydrogen (secondary N) is 2. The molecule has 1 heterocycles. The third kappa shape index (κ3) is 5.23. The van der Waals surface area contributed by atoms with Gasteiger partial charge in [-0.15, -0.1) is 10.2 Å². The average Bonchev–Trinajstić information content (AvgIpc) is 3.17. The number of aromatic nitrogens is 2. The standard InChI is InChI=1S/C19H18F2N4O3S2/c1-2-3-10-22-30(27,28)14-8-9-16(21)15(11-14)17(26)23-19-25-24-18(29-19)12-4-6-13(20)7-5-12/h4-9,11,22H,2-3,10H2,1H3,(H,23,25,26). The molecule has 0 fully saturated rings. The van der Waals surface area contributed by atoms with Crippen molar-refractivity contribution in [1.82, 2.24) is 14.9 Å². The van der Waals surface area contributed by atoms with E-state index in [9.17, 15) is 22.0 Å². The largest absolute Gasteiger partial charge is 0.296 e. The van der Waals surface area contributed by atoms with Crippen molar-refractivity contribution in [2.24, 2.45) is 0 Å². The van der Waals surface area contributed by atoms with E-state index in [0.29, 0.717) is 17.0 Å². The molecule has 11 heteroatoms. The number of hydrogen-bond acceptors (Lipinski definition) is 6. The first kappa shape index (κ1) is 21.9. The molecule has 0 aliphatic rings. The maximum Gasteiger partial charge on any atom is 0.260 e. The topological polar surface area (TPSA) is 101 Å². The molecule has 0 radical (unpaired) electrons. The summed E-state index contributed by atoms with van der Waals surface area (Å²) in [4.78, 5) is 12.3. The summed E-state index contributed by atoms with van der Waals surface area (Å²) in [5.41, 5.74) is 0.165. The zero-order chi connectivity index (χ0) is 21.7. The van der Waals surface area contributed by atoms with E-state index in [1.54, 1.807) is 0 Å². The van der Waals surface area contributed by atoms with Crippen LogP contribution in [0.4, 0.5) is 13.9 Å². The van der Waals surface area contributed by atoms with Crippen LogP contribution in [0, 0.1) is 11.6 Å². The fourth-order valence-corrected chi connectivity index (χ4v) is 4.30. The number of halogens is 2. The van der Waals surface area contributed by atoms with E-state index < -0.39 is 33.1 Å². The number of unbranched alkanes of at least 4 members (excludes halogenated alkanes) is 1. The Hall–Kier alpha value is -2.76. The van der Waals surface area contributed by atoms with Crippen LogP contribution < -0.4 is 10.0 Å². The Morgan fingerprint density at radius 1 is 1.10 bits per heavy atom. The molecule has 0 aliphatic carbocycles. The second-order valence-corrected chi connectivity index (χ2v) is 9.01. The number of carbonyl (C=O) groups is 1. The average molecular weight is 453 g/mol. The predicted octanol–water partition coefficient (Wildman–Crippen LogP) is 3.81. The maximum atomic E-state index is 14.2. The van der Waals surface area contributed by atoms with Gasteiger partial charge in [0.05, 0.1) is 10.5 Å². The van der Waals surface area contributed by atoms with Crippen molar-refractivity contribution >= 4 is 32.4 Å². The lowest BCUT2D eigenvalue weighted by molar-refractivity contribution is 0.102. The molecule has 2 aromatic carbocycles. The monoisotopic (exact) mass is 452 g/mol. The van der Waals surface area contributed by atoms with Crippen LogP contribution in [0.2, 0.25) is 0 Å². The van der Waals surface area contributed by atoms with Crippen molar-refractivity contribution < 1.29 is 22.0 Å². The zero-order valence-electron chi connectivity index (χ0n) is 15.9. The van der Waals surface area contributed by atoms with Crippen LogP contribution in [0.15, 0.2) is 47.4 Å². The minimum atomic E-state index is -3.87. The molecular formula is C19H18F2N4O3S2. The molecule has 0 saturated heterocycles. The minimum absolute atomic E-state index is 0.0908. The fraction of sp³-hybridized carbons (Fsp3) is 0.211. The Morgan fingerprint density at radius 3 is 2.53 bits per heavy atom. The van der Waals surface area contributed by atoms with Gasteiger partial charge in [-0.1, -0.05) is 24.7 Å². The van der Waals surface area contributed by atoms with Gasteiger partial charge in [0.2, 0.25) is 15.2 Å². The molecule has 0 bridgehead atoms. The van der Waals surface area contributed by atoms with Gasteiger partial charge in [0, 0.05) is 12.1 Å². The summed E-state index contributed by atoms with van der Waals surface area (Å²) in [5, 5.41) is 10.7. The zero-order valence-corrected chi connectivity index (χ0v) is 17.5. The number of nitrogens with zero attached hydrogens (tertiary/aromatic N) is 2. The molecule has 3 aromatic rings. The van der Waals surface area contributed by atoms with Gasteiger partial charge in [0.15, 0.2) is 0 Å². The van der Waals surface area contributed by atoms with Gasteiger partial charge < -0.3 is 0 Å². The normalized spacial score (nSPS) is 11.4. The molecule has 0 spiro atoms. The minimum Gasteiger partial charge on any atom is -0.296 e. The van der Waals surface area contributed by atoms with Gasteiger partial charge in [0.1, 0.15) is 16.6 Å². The fourth-order valence-electron chi connectivity index (χ4n) is 2.46. The molecule has 1 aromatic heterocycles. The van der Waals surface area contributed by atoms with Gasteiger partial charge in [-0.3, -0.25) is 10.1 Å². The molecule has 0 aliphatic heterocycles. The van der Waals surface area contributed by atoms with Gasteiger partial charge in [0.25, 0.3) is 5.91 Å². The quantitative estimate of drug-likeness (QED) is 0.506. The summed E-state index contributed by atoms with van der Waals surface area (Å²) in [6.45, 7) is 2.16. The predicted molar refractivity (Wildman–Crippen MR) is 110 cm³/mol. The van der Waals surface area contributed by atoms with Crippen LogP contribution in [-0.2, 0) is 10.0 Å². The van der Waals surface area contributed by atoms with E-state index >= 15 is 0 Å². The summed E-state index contributed by atoms with van der Waals surface area (Å²) in [5.74, 6) is -2.13. The number of rotatable bonds is 8.